The molecular weight excluding hydrogens is 350 g/mol. The van der Waals surface area contributed by atoms with Crippen molar-refractivity contribution in [2.75, 3.05) is 0 Å². The smallest absolute Gasteiger partial charge is 0.251 e. The average molecular weight is 367 g/mol. The second-order valence-electron chi connectivity index (χ2n) is 5.42. The minimum Gasteiger partial charge on any atom is -0.343 e. The summed E-state index contributed by atoms with van der Waals surface area (Å²) in [7, 11) is 0. The summed E-state index contributed by atoms with van der Waals surface area (Å²) in [6.07, 6.45) is 0. The van der Waals surface area contributed by atoms with Crippen LogP contribution in [0.2, 0.25) is 0 Å². The second kappa shape index (κ2) is 6.63. The van der Waals surface area contributed by atoms with Crippen LogP contribution in [-0.4, -0.2) is 5.91 Å². The zero-order valence-corrected chi connectivity index (χ0v) is 14.3. The van der Waals surface area contributed by atoms with Gasteiger partial charge in [-0.05, 0) is 49.2 Å². The van der Waals surface area contributed by atoms with E-state index in [0.29, 0.717) is 11.4 Å². The topological polar surface area (TPSA) is 29.1 Å². The van der Waals surface area contributed by atoms with Crippen molar-refractivity contribution in [3.8, 4) is 0 Å². The molecule has 0 atom stereocenters. The van der Waals surface area contributed by atoms with E-state index in [1.165, 1.54) is 0 Å². The van der Waals surface area contributed by atoms with Crippen LogP contribution in [-0.2, 0) is 11.4 Å². The molecule has 0 spiro atoms. The fourth-order valence-corrected chi connectivity index (χ4v) is 2.52. The first-order chi connectivity index (χ1) is 9.92. The van der Waals surface area contributed by atoms with Crippen molar-refractivity contribution in [1.82, 2.24) is 5.32 Å². The monoisotopic (exact) mass is 365 g/mol. The standard InChI is InChI=1S/C17H17BrClNO/c1-17(2,14-6-8-15(18)9-7-14)20-16(21)13-5-3-4-12(10-13)11-19/h3-10H,11H2,1-2H3,(H,20,21). The van der Waals surface area contributed by atoms with Crippen molar-refractivity contribution in [2.45, 2.75) is 25.3 Å². The number of benzene rings is 2. The van der Waals surface area contributed by atoms with Crippen LogP contribution >= 0.6 is 27.5 Å². The molecule has 2 nitrogen and oxygen atoms in total. The van der Waals surface area contributed by atoms with Gasteiger partial charge in [0.05, 0.1) is 5.54 Å². The summed E-state index contributed by atoms with van der Waals surface area (Å²) in [6.45, 7) is 3.97. The highest BCUT2D eigenvalue weighted by Gasteiger charge is 2.23. The molecule has 0 saturated heterocycles. The molecule has 0 fully saturated rings. The summed E-state index contributed by atoms with van der Waals surface area (Å²) < 4.78 is 1.02. The number of hydrogen-bond donors (Lipinski definition) is 1. The molecule has 0 radical (unpaired) electrons. The van der Waals surface area contributed by atoms with E-state index in [-0.39, 0.29) is 5.91 Å². The van der Waals surface area contributed by atoms with Gasteiger partial charge in [-0.25, -0.2) is 0 Å². The Labute approximate surface area is 138 Å². The molecule has 0 heterocycles. The molecule has 0 aliphatic rings. The van der Waals surface area contributed by atoms with Crippen LogP contribution in [0.25, 0.3) is 0 Å². The molecule has 0 aliphatic heterocycles. The number of halogens is 2. The van der Waals surface area contributed by atoms with Crippen LogP contribution < -0.4 is 5.32 Å². The third-order valence-corrected chi connectivity index (χ3v) is 4.17. The first-order valence-corrected chi connectivity index (χ1v) is 7.98. The van der Waals surface area contributed by atoms with E-state index >= 15 is 0 Å². The number of nitrogens with one attached hydrogen (secondary N) is 1. The Morgan fingerprint density at radius 2 is 1.86 bits per heavy atom. The molecule has 21 heavy (non-hydrogen) atoms. The van der Waals surface area contributed by atoms with Gasteiger partial charge in [-0.2, -0.15) is 0 Å². The molecule has 0 aliphatic carbocycles. The van der Waals surface area contributed by atoms with Crippen LogP contribution in [0, 0.1) is 0 Å². The third kappa shape index (κ3) is 4.08. The first-order valence-electron chi connectivity index (χ1n) is 6.66. The average Bonchev–Trinajstić information content (AvgIpc) is 2.47. The maximum absolute atomic E-state index is 12.4. The summed E-state index contributed by atoms with van der Waals surface area (Å²) in [4.78, 5) is 12.4. The van der Waals surface area contributed by atoms with E-state index in [0.717, 1.165) is 15.6 Å². The van der Waals surface area contributed by atoms with Gasteiger partial charge in [0.15, 0.2) is 0 Å². The molecule has 0 saturated carbocycles. The van der Waals surface area contributed by atoms with Crippen molar-refractivity contribution < 1.29 is 4.79 Å². The van der Waals surface area contributed by atoms with Crippen molar-refractivity contribution in [1.29, 1.82) is 0 Å². The Morgan fingerprint density at radius 3 is 2.48 bits per heavy atom. The van der Waals surface area contributed by atoms with Gasteiger partial charge in [0.1, 0.15) is 0 Å². The number of rotatable bonds is 4. The summed E-state index contributed by atoms with van der Waals surface area (Å²) in [6, 6.07) is 15.3. The molecule has 1 amide bonds. The van der Waals surface area contributed by atoms with E-state index in [9.17, 15) is 4.79 Å². The Kier molecular flexibility index (Phi) is 5.07. The van der Waals surface area contributed by atoms with Crippen LogP contribution in [0.4, 0.5) is 0 Å². The van der Waals surface area contributed by atoms with Gasteiger partial charge in [0.25, 0.3) is 5.91 Å². The number of amides is 1. The van der Waals surface area contributed by atoms with E-state index < -0.39 is 5.54 Å². The molecule has 2 rings (SSSR count). The molecule has 0 unspecified atom stereocenters. The molecule has 1 N–H and O–H groups in total. The predicted molar refractivity (Wildman–Crippen MR) is 90.6 cm³/mol. The van der Waals surface area contributed by atoms with Crippen LogP contribution in [0.1, 0.15) is 35.3 Å². The lowest BCUT2D eigenvalue weighted by Crippen LogP contribution is -2.41. The van der Waals surface area contributed by atoms with Crippen molar-refractivity contribution in [2.24, 2.45) is 0 Å². The highest BCUT2D eigenvalue weighted by Crippen LogP contribution is 2.23. The Bertz CT molecular complexity index is 637. The Balaban J connectivity index is 2.19. The van der Waals surface area contributed by atoms with Gasteiger partial charge in [-0.3, -0.25) is 4.79 Å². The minimum absolute atomic E-state index is 0.102. The number of hydrogen-bond acceptors (Lipinski definition) is 1. The van der Waals surface area contributed by atoms with E-state index in [2.05, 4.69) is 21.2 Å². The van der Waals surface area contributed by atoms with Gasteiger partial charge in [0, 0.05) is 15.9 Å². The highest BCUT2D eigenvalue weighted by molar-refractivity contribution is 9.10. The van der Waals surface area contributed by atoms with Crippen molar-refractivity contribution in [3.05, 3.63) is 69.7 Å². The predicted octanol–water partition coefficient (Wildman–Crippen LogP) is 4.85. The maximum atomic E-state index is 12.4. The molecule has 0 aromatic heterocycles. The zero-order valence-electron chi connectivity index (χ0n) is 12.0. The zero-order chi connectivity index (χ0) is 15.5. The summed E-state index contributed by atoms with van der Waals surface area (Å²) in [5.74, 6) is 0.298. The fourth-order valence-electron chi connectivity index (χ4n) is 2.09. The summed E-state index contributed by atoms with van der Waals surface area (Å²) >= 11 is 9.23. The lowest BCUT2D eigenvalue weighted by Gasteiger charge is -2.27. The van der Waals surface area contributed by atoms with Crippen LogP contribution in [0.3, 0.4) is 0 Å². The maximum Gasteiger partial charge on any atom is 0.251 e. The van der Waals surface area contributed by atoms with E-state index in [1.54, 1.807) is 6.07 Å². The number of alkyl halides is 1. The lowest BCUT2D eigenvalue weighted by atomic mass is 9.94. The Hall–Kier alpha value is -1.32. The number of carbonyl (C=O) groups excluding carboxylic acids is 1. The summed E-state index contributed by atoms with van der Waals surface area (Å²) in [5.41, 5.74) is 2.16. The fraction of sp³-hybridized carbons (Fsp3) is 0.235. The van der Waals surface area contributed by atoms with E-state index in [1.807, 2.05) is 56.3 Å². The molecular formula is C17H17BrClNO. The Morgan fingerprint density at radius 1 is 1.19 bits per heavy atom. The minimum atomic E-state index is -0.450. The van der Waals surface area contributed by atoms with Gasteiger partial charge >= 0.3 is 0 Å². The molecule has 2 aromatic carbocycles. The van der Waals surface area contributed by atoms with Gasteiger partial charge in [-0.15, -0.1) is 11.6 Å². The van der Waals surface area contributed by atoms with Crippen LogP contribution in [0.5, 0.6) is 0 Å². The van der Waals surface area contributed by atoms with Gasteiger partial charge in [-0.1, -0.05) is 40.2 Å². The largest absolute Gasteiger partial charge is 0.343 e. The molecule has 0 bridgehead atoms. The SMILES string of the molecule is CC(C)(NC(=O)c1cccc(CCl)c1)c1ccc(Br)cc1. The lowest BCUT2D eigenvalue weighted by molar-refractivity contribution is 0.0912. The van der Waals surface area contributed by atoms with E-state index in [4.69, 9.17) is 11.6 Å². The summed E-state index contributed by atoms with van der Waals surface area (Å²) in [5, 5.41) is 3.06. The van der Waals surface area contributed by atoms with Gasteiger partial charge < -0.3 is 5.32 Å². The molecule has 2 aromatic rings. The normalized spacial score (nSPS) is 11.2. The molecule has 110 valence electrons. The van der Waals surface area contributed by atoms with Crippen molar-refractivity contribution >= 4 is 33.4 Å². The number of carbonyl (C=O) groups is 1. The van der Waals surface area contributed by atoms with Gasteiger partial charge in [0.2, 0.25) is 0 Å². The van der Waals surface area contributed by atoms with Crippen LogP contribution in [0.15, 0.2) is 53.0 Å². The highest BCUT2D eigenvalue weighted by atomic mass is 79.9. The molecule has 4 heteroatoms. The quantitative estimate of drug-likeness (QED) is 0.770. The third-order valence-electron chi connectivity index (χ3n) is 3.34. The second-order valence-corrected chi connectivity index (χ2v) is 6.60. The van der Waals surface area contributed by atoms with Crippen molar-refractivity contribution in [3.63, 3.8) is 0 Å². The first kappa shape index (κ1) is 16.1.